The normalized spacial score (nSPS) is 12.5. The van der Waals surface area contributed by atoms with Gasteiger partial charge in [-0.3, -0.25) is 9.67 Å². The molecule has 0 bridgehead atoms. The first-order valence-electron chi connectivity index (χ1n) is 7.16. The van der Waals surface area contributed by atoms with E-state index < -0.39 is 0 Å². The lowest BCUT2D eigenvalue weighted by atomic mass is 10.1. The summed E-state index contributed by atoms with van der Waals surface area (Å²) in [5.74, 6) is 0.913. The lowest BCUT2D eigenvalue weighted by molar-refractivity contribution is 0.103. The van der Waals surface area contributed by atoms with E-state index in [9.17, 15) is 0 Å². The van der Waals surface area contributed by atoms with E-state index in [-0.39, 0.29) is 6.10 Å². The number of aryl methyl sites for hydroxylation is 1. The summed E-state index contributed by atoms with van der Waals surface area (Å²) >= 11 is 0. The van der Waals surface area contributed by atoms with Crippen LogP contribution >= 0.6 is 0 Å². The maximum Gasteiger partial charge on any atom is 0.140 e. The van der Waals surface area contributed by atoms with Gasteiger partial charge in [-0.2, -0.15) is 5.10 Å². The van der Waals surface area contributed by atoms with Crippen LogP contribution < -0.4 is 0 Å². The van der Waals surface area contributed by atoms with Crippen molar-refractivity contribution in [2.45, 2.75) is 19.6 Å². The Hall–Kier alpha value is -2.47. The minimum Gasteiger partial charge on any atom is -0.380 e. The Balaban J connectivity index is 1.94. The van der Waals surface area contributed by atoms with Gasteiger partial charge in [0.05, 0.1) is 24.5 Å². The van der Waals surface area contributed by atoms with Crippen molar-refractivity contribution in [3.05, 3.63) is 43.1 Å². The monoisotopic (exact) mass is 297 g/mol. The van der Waals surface area contributed by atoms with Crippen molar-refractivity contribution in [1.82, 2.24) is 24.3 Å². The zero-order valence-electron chi connectivity index (χ0n) is 13.0. The number of pyridine rings is 1. The molecular formula is C16H19N5O. The highest BCUT2D eigenvalue weighted by Gasteiger charge is 2.11. The van der Waals surface area contributed by atoms with E-state index in [1.165, 1.54) is 0 Å². The first-order valence-corrected chi connectivity index (χ1v) is 7.16. The highest BCUT2D eigenvalue weighted by molar-refractivity contribution is 5.65. The third-order valence-electron chi connectivity index (χ3n) is 3.59. The topological polar surface area (TPSA) is 57.8 Å². The molecule has 3 heterocycles. The third kappa shape index (κ3) is 2.92. The molecule has 0 spiro atoms. The van der Waals surface area contributed by atoms with Crippen molar-refractivity contribution < 1.29 is 4.74 Å². The second-order valence-corrected chi connectivity index (χ2v) is 5.28. The van der Waals surface area contributed by atoms with E-state index in [4.69, 9.17) is 4.74 Å². The van der Waals surface area contributed by atoms with Crippen molar-refractivity contribution >= 4 is 0 Å². The van der Waals surface area contributed by atoms with Crippen LogP contribution in [0.5, 0.6) is 0 Å². The Morgan fingerprint density at radius 2 is 2.09 bits per heavy atom. The third-order valence-corrected chi connectivity index (χ3v) is 3.59. The molecule has 0 aliphatic carbocycles. The quantitative estimate of drug-likeness (QED) is 0.725. The molecule has 1 atom stereocenters. The Bertz CT molecular complexity index is 761. The Morgan fingerprint density at radius 3 is 2.82 bits per heavy atom. The summed E-state index contributed by atoms with van der Waals surface area (Å²) < 4.78 is 9.20. The van der Waals surface area contributed by atoms with Crippen molar-refractivity contribution in [2.24, 2.45) is 7.05 Å². The van der Waals surface area contributed by atoms with Gasteiger partial charge >= 0.3 is 0 Å². The number of aromatic nitrogens is 5. The molecule has 0 aromatic carbocycles. The summed E-state index contributed by atoms with van der Waals surface area (Å²) in [4.78, 5) is 8.90. The van der Waals surface area contributed by atoms with Crippen molar-refractivity contribution in [3.8, 4) is 22.6 Å². The van der Waals surface area contributed by atoms with E-state index >= 15 is 0 Å². The maximum atomic E-state index is 5.34. The van der Waals surface area contributed by atoms with Gasteiger partial charge in [0.1, 0.15) is 5.82 Å². The lowest BCUT2D eigenvalue weighted by Gasteiger charge is -2.13. The molecule has 6 heteroatoms. The largest absolute Gasteiger partial charge is 0.380 e. The molecule has 22 heavy (non-hydrogen) atoms. The van der Waals surface area contributed by atoms with Crippen molar-refractivity contribution in [2.75, 3.05) is 7.11 Å². The van der Waals surface area contributed by atoms with Crippen LogP contribution in [0.15, 0.2) is 43.1 Å². The second-order valence-electron chi connectivity index (χ2n) is 5.28. The van der Waals surface area contributed by atoms with Gasteiger partial charge in [0.25, 0.3) is 0 Å². The molecule has 0 saturated heterocycles. The van der Waals surface area contributed by atoms with E-state index in [0.717, 1.165) is 29.2 Å². The van der Waals surface area contributed by atoms with Gasteiger partial charge in [-0.05, 0) is 19.1 Å². The number of ether oxygens (including phenoxy) is 1. The number of nitrogens with zero attached hydrogens (tertiary/aromatic N) is 5. The van der Waals surface area contributed by atoms with Crippen molar-refractivity contribution in [3.63, 3.8) is 0 Å². The number of imidazole rings is 1. The van der Waals surface area contributed by atoms with E-state index in [2.05, 4.69) is 19.6 Å². The number of rotatable bonds is 5. The summed E-state index contributed by atoms with van der Waals surface area (Å²) in [6.45, 7) is 2.80. The average Bonchev–Trinajstić information content (AvgIpc) is 3.16. The Labute approximate surface area is 129 Å². The zero-order valence-corrected chi connectivity index (χ0v) is 13.0. The standard InChI is InChI=1S/C16H19N5O/c1-12(22-3)10-21-7-6-18-16(21)13-4-5-17-15(8-13)14-9-19-20(2)11-14/h4-9,11-12H,10H2,1-3H3. The molecule has 3 aromatic rings. The summed E-state index contributed by atoms with van der Waals surface area (Å²) in [6, 6.07) is 4.00. The fourth-order valence-corrected chi connectivity index (χ4v) is 2.35. The molecule has 0 amide bonds. The van der Waals surface area contributed by atoms with Gasteiger partial charge < -0.3 is 9.30 Å². The smallest absolute Gasteiger partial charge is 0.140 e. The minimum atomic E-state index is 0.132. The molecule has 0 radical (unpaired) electrons. The van der Waals surface area contributed by atoms with Gasteiger partial charge in [0, 0.05) is 50.1 Å². The first-order chi connectivity index (χ1) is 10.7. The van der Waals surface area contributed by atoms with Crippen LogP contribution in [0.2, 0.25) is 0 Å². The predicted octanol–water partition coefficient (Wildman–Crippen LogP) is 2.38. The summed E-state index contributed by atoms with van der Waals surface area (Å²) in [5, 5.41) is 4.19. The number of hydrogen-bond donors (Lipinski definition) is 0. The van der Waals surface area contributed by atoms with Crippen LogP contribution in [0.1, 0.15) is 6.92 Å². The fourth-order valence-electron chi connectivity index (χ4n) is 2.35. The van der Waals surface area contributed by atoms with Crippen molar-refractivity contribution in [1.29, 1.82) is 0 Å². The van der Waals surface area contributed by atoms with Gasteiger partial charge in [0.15, 0.2) is 0 Å². The molecule has 0 aliphatic rings. The molecule has 3 aromatic heterocycles. The fraction of sp³-hybridized carbons (Fsp3) is 0.312. The molecule has 0 aliphatic heterocycles. The van der Waals surface area contributed by atoms with Crippen LogP contribution in [0.25, 0.3) is 22.6 Å². The Morgan fingerprint density at radius 1 is 1.23 bits per heavy atom. The SMILES string of the molecule is COC(C)Cn1ccnc1-c1ccnc(-c2cnn(C)c2)c1. The molecule has 3 rings (SSSR count). The van der Waals surface area contributed by atoms with Gasteiger partial charge in [0.2, 0.25) is 0 Å². The summed E-state index contributed by atoms with van der Waals surface area (Å²) in [6.07, 6.45) is 9.47. The van der Waals surface area contributed by atoms with E-state index in [1.54, 1.807) is 18.0 Å². The van der Waals surface area contributed by atoms with Gasteiger partial charge in [-0.15, -0.1) is 0 Å². The maximum absolute atomic E-state index is 5.34. The minimum absolute atomic E-state index is 0.132. The average molecular weight is 297 g/mol. The van der Waals surface area contributed by atoms with Crippen LogP contribution in [-0.2, 0) is 18.3 Å². The van der Waals surface area contributed by atoms with Crippen LogP contribution in [-0.4, -0.2) is 37.5 Å². The second kappa shape index (κ2) is 6.11. The lowest BCUT2D eigenvalue weighted by Crippen LogP contribution is -2.14. The highest BCUT2D eigenvalue weighted by Crippen LogP contribution is 2.23. The van der Waals surface area contributed by atoms with Crippen LogP contribution in [0.3, 0.4) is 0 Å². The Kier molecular flexibility index (Phi) is 4.02. The van der Waals surface area contributed by atoms with Gasteiger partial charge in [-0.1, -0.05) is 0 Å². The summed E-state index contributed by atoms with van der Waals surface area (Å²) in [5.41, 5.74) is 2.91. The molecule has 0 saturated carbocycles. The molecule has 1 unspecified atom stereocenters. The number of methoxy groups -OCH3 is 1. The molecule has 114 valence electrons. The summed E-state index contributed by atoms with van der Waals surface area (Å²) in [7, 11) is 3.61. The first kappa shape index (κ1) is 14.5. The molecule has 0 fully saturated rings. The molecule has 6 nitrogen and oxygen atoms in total. The zero-order chi connectivity index (χ0) is 15.5. The van der Waals surface area contributed by atoms with E-state index in [1.807, 2.05) is 50.9 Å². The number of hydrogen-bond acceptors (Lipinski definition) is 4. The van der Waals surface area contributed by atoms with Crippen LogP contribution in [0, 0.1) is 0 Å². The molecule has 0 N–H and O–H groups in total. The predicted molar refractivity (Wildman–Crippen MR) is 84.1 cm³/mol. The van der Waals surface area contributed by atoms with E-state index in [0.29, 0.717) is 0 Å². The van der Waals surface area contributed by atoms with Gasteiger partial charge in [-0.25, -0.2) is 4.98 Å². The van der Waals surface area contributed by atoms with Crippen LogP contribution in [0.4, 0.5) is 0 Å². The molecular weight excluding hydrogens is 278 g/mol. The highest BCUT2D eigenvalue weighted by atomic mass is 16.5.